The van der Waals surface area contributed by atoms with Gasteiger partial charge >= 0.3 is 0 Å². The minimum Gasteiger partial charge on any atom is -0.312 e. The molecular weight excluding hydrogens is 278 g/mol. The number of nitrogens with one attached hydrogen (secondary N) is 1. The Morgan fingerprint density at radius 1 is 1.42 bits per heavy atom. The fraction of sp³-hybridized carbons (Fsp3) is 0.500. The lowest BCUT2D eigenvalue weighted by atomic mass is 10.1. The molecule has 0 bridgehead atoms. The molecule has 0 radical (unpaired) electrons. The smallest absolute Gasteiger partial charge is 0.0931 e. The van der Waals surface area contributed by atoms with Crippen LogP contribution < -0.4 is 5.32 Å². The van der Waals surface area contributed by atoms with Gasteiger partial charge in [-0.3, -0.25) is 4.68 Å². The fourth-order valence-corrected chi connectivity index (χ4v) is 3.16. The minimum atomic E-state index is 0.276. The average Bonchev–Trinajstić information content (AvgIpc) is 3.04. The number of thiophene rings is 1. The Hall–Kier alpha value is -0.840. The zero-order chi connectivity index (χ0) is 13.8. The number of hydrogen-bond donors (Lipinski definition) is 1. The van der Waals surface area contributed by atoms with Crippen molar-refractivity contribution in [1.29, 1.82) is 0 Å². The molecule has 0 aliphatic carbocycles. The van der Waals surface area contributed by atoms with Crippen LogP contribution in [0.4, 0.5) is 0 Å². The molecule has 2 aromatic heterocycles. The van der Waals surface area contributed by atoms with E-state index in [4.69, 9.17) is 11.6 Å². The Morgan fingerprint density at radius 3 is 2.79 bits per heavy atom. The van der Waals surface area contributed by atoms with Crippen LogP contribution in [0.3, 0.4) is 0 Å². The van der Waals surface area contributed by atoms with Crippen LogP contribution in [-0.2, 0) is 6.42 Å². The molecule has 0 spiro atoms. The monoisotopic (exact) mass is 297 g/mol. The van der Waals surface area contributed by atoms with Gasteiger partial charge < -0.3 is 5.32 Å². The Bertz CT molecular complexity index is 520. The highest BCUT2D eigenvalue weighted by Gasteiger charge is 2.14. The molecule has 0 amide bonds. The van der Waals surface area contributed by atoms with Crippen molar-refractivity contribution in [2.24, 2.45) is 0 Å². The van der Waals surface area contributed by atoms with Crippen LogP contribution in [0.25, 0.3) is 0 Å². The molecule has 5 heteroatoms. The van der Waals surface area contributed by atoms with Crippen LogP contribution in [0, 0.1) is 0 Å². The fourth-order valence-electron chi connectivity index (χ4n) is 1.99. The molecule has 2 heterocycles. The highest BCUT2D eigenvalue weighted by Crippen LogP contribution is 2.28. The van der Waals surface area contributed by atoms with Crippen molar-refractivity contribution in [2.75, 3.05) is 7.05 Å². The summed E-state index contributed by atoms with van der Waals surface area (Å²) in [5.74, 6) is 0. The summed E-state index contributed by atoms with van der Waals surface area (Å²) in [7, 11) is 1.98. The van der Waals surface area contributed by atoms with Gasteiger partial charge in [0.1, 0.15) is 0 Å². The van der Waals surface area contributed by atoms with E-state index < -0.39 is 0 Å². The van der Waals surface area contributed by atoms with Gasteiger partial charge in [0.25, 0.3) is 0 Å². The molecule has 0 aliphatic rings. The van der Waals surface area contributed by atoms with Crippen molar-refractivity contribution in [3.05, 3.63) is 39.3 Å². The van der Waals surface area contributed by atoms with Crippen molar-refractivity contribution in [2.45, 2.75) is 38.8 Å². The number of halogens is 1. The lowest BCUT2D eigenvalue weighted by Crippen LogP contribution is -2.18. The van der Waals surface area contributed by atoms with E-state index in [9.17, 15) is 0 Å². The summed E-state index contributed by atoms with van der Waals surface area (Å²) in [6, 6.07) is 6.87. The second-order valence-electron chi connectivity index (χ2n) is 4.73. The first-order valence-corrected chi connectivity index (χ1v) is 7.80. The highest BCUT2D eigenvalue weighted by molar-refractivity contribution is 7.16. The van der Waals surface area contributed by atoms with Gasteiger partial charge in [-0.05, 0) is 38.6 Å². The first-order chi connectivity index (χ1) is 9.13. The van der Waals surface area contributed by atoms with Crippen molar-refractivity contribution in [3.8, 4) is 0 Å². The second kappa shape index (κ2) is 6.55. The van der Waals surface area contributed by atoms with Gasteiger partial charge in [0.15, 0.2) is 0 Å². The van der Waals surface area contributed by atoms with Gasteiger partial charge in [-0.2, -0.15) is 5.10 Å². The summed E-state index contributed by atoms with van der Waals surface area (Å²) in [5, 5.41) is 7.98. The van der Waals surface area contributed by atoms with Gasteiger partial charge in [0.2, 0.25) is 0 Å². The summed E-state index contributed by atoms with van der Waals surface area (Å²) < 4.78 is 2.88. The van der Waals surface area contributed by atoms with Gasteiger partial charge in [-0.15, -0.1) is 11.3 Å². The first-order valence-electron chi connectivity index (χ1n) is 6.60. The molecule has 0 saturated heterocycles. The lowest BCUT2D eigenvalue weighted by molar-refractivity contribution is 0.469. The van der Waals surface area contributed by atoms with E-state index in [2.05, 4.69) is 42.6 Å². The number of rotatable bonds is 6. The van der Waals surface area contributed by atoms with E-state index in [1.165, 1.54) is 4.88 Å². The number of aromatic nitrogens is 2. The minimum absolute atomic E-state index is 0.276. The second-order valence-corrected chi connectivity index (χ2v) is 6.48. The Morgan fingerprint density at radius 2 is 2.21 bits per heavy atom. The number of nitrogens with zero attached hydrogens (tertiary/aromatic N) is 2. The topological polar surface area (TPSA) is 29.9 Å². The van der Waals surface area contributed by atoms with Crippen LogP contribution in [0.2, 0.25) is 4.34 Å². The van der Waals surface area contributed by atoms with E-state index in [0.717, 1.165) is 22.9 Å². The Labute approximate surface area is 123 Å². The van der Waals surface area contributed by atoms with Crippen molar-refractivity contribution in [3.63, 3.8) is 0 Å². The third-order valence-electron chi connectivity index (χ3n) is 3.41. The first kappa shape index (κ1) is 14.6. The SMILES string of the molecule is CCC(C)n1ccc(CC(NC)c2ccc(Cl)s2)n1. The molecule has 0 aliphatic heterocycles. The van der Waals surface area contributed by atoms with Crippen molar-refractivity contribution >= 4 is 22.9 Å². The normalized spacial score (nSPS) is 14.5. The van der Waals surface area contributed by atoms with Gasteiger partial charge in [-0.1, -0.05) is 18.5 Å². The van der Waals surface area contributed by atoms with E-state index in [1.54, 1.807) is 11.3 Å². The molecule has 1 N–H and O–H groups in total. The van der Waals surface area contributed by atoms with Crippen LogP contribution in [0.5, 0.6) is 0 Å². The van der Waals surface area contributed by atoms with Crippen molar-refractivity contribution < 1.29 is 0 Å². The quantitative estimate of drug-likeness (QED) is 0.871. The zero-order valence-electron chi connectivity index (χ0n) is 11.6. The molecule has 0 fully saturated rings. The molecule has 104 valence electrons. The maximum atomic E-state index is 6.00. The average molecular weight is 298 g/mol. The molecule has 2 rings (SSSR count). The van der Waals surface area contributed by atoms with Crippen LogP contribution in [0.15, 0.2) is 24.4 Å². The molecular formula is C14H20ClN3S. The molecule has 2 atom stereocenters. The summed E-state index contributed by atoms with van der Waals surface area (Å²) in [5.41, 5.74) is 1.11. The molecule has 2 unspecified atom stereocenters. The lowest BCUT2D eigenvalue weighted by Gasteiger charge is -2.13. The largest absolute Gasteiger partial charge is 0.312 e. The van der Waals surface area contributed by atoms with E-state index >= 15 is 0 Å². The van der Waals surface area contributed by atoms with Gasteiger partial charge in [-0.25, -0.2) is 0 Å². The van der Waals surface area contributed by atoms with Gasteiger partial charge in [0, 0.05) is 29.6 Å². The van der Waals surface area contributed by atoms with Crippen LogP contribution >= 0.6 is 22.9 Å². The summed E-state index contributed by atoms with van der Waals surface area (Å²) in [4.78, 5) is 1.26. The number of likely N-dealkylation sites (N-methyl/N-ethyl adjacent to an activating group) is 1. The predicted octanol–water partition coefficient (Wildman–Crippen LogP) is 4.07. The molecule has 2 aromatic rings. The number of hydrogen-bond acceptors (Lipinski definition) is 3. The molecule has 19 heavy (non-hydrogen) atoms. The molecule has 0 aromatic carbocycles. The summed E-state index contributed by atoms with van der Waals surface area (Å²) in [6.45, 7) is 4.36. The maximum absolute atomic E-state index is 6.00. The van der Waals surface area contributed by atoms with E-state index in [-0.39, 0.29) is 6.04 Å². The van der Waals surface area contributed by atoms with Gasteiger partial charge in [0.05, 0.1) is 10.0 Å². The molecule has 3 nitrogen and oxygen atoms in total. The Balaban J connectivity index is 2.08. The van der Waals surface area contributed by atoms with E-state index in [0.29, 0.717) is 6.04 Å². The van der Waals surface area contributed by atoms with Crippen LogP contribution in [-0.4, -0.2) is 16.8 Å². The predicted molar refractivity (Wildman–Crippen MR) is 82.1 cm³/mol. The molecule has 0 saturated carbocycles. The van der Waals surface area contributed by atoms with Crippen LogP contribution in [0.1, 0.15) is 42.9 Å². The standard InChI is InChI=1S/C14H20ClN3S/c1-4-10(2)18-8-7-11(17-18)9-12(16-3)13-5-6-14(15)19-13/h5-8,10,12,16H,4,9H2,1-3H3. The van der Waals surface area contributed by atoms with E-state index in [1.807, 2.05) is 17.8 Å². The summed E-state index contributed by atoms with van der Waals surface area (Å²) in [6.07, 6.45) is 4.05. The third-order valence-corrected chi connectivity index (χ3v) is 4.75. The van der Waals surface area contributed by atoms with Crippen molar-refractivity contribution in [1.82, 2.24) is 15.1 Å². The Kier molecular flexibility index (Phi) is 5.02. The summed E-state index contributed by atoms with van der Waals surface area (Å²) >= 11 is 7.63. The maximum Gasteiger partial charge on any atom is 0.0931 e. The zero-order valence-corrected chi connectivity index (χ0v) is 13.1. The third kappa shape index (κ3) is 3.59. The highest BCUT2D eigenvalue weighted by atomic mass is 35.5.